The van der Waals surface area contributed by atoms with Crippen LogP contribution < -0.4 is 10.5 Å². The van der Waals surface area contributed by atoms with Crippen LogP contribution in [0.1, 0.15) is 31.4 Å². The minimum atomic E-state index is 0.264. The van der Waals surface area contributed by atoms with E-state index in [0.29, 0.717) is 0 Å². The molecule has 0 spiro atoms. The Morgan fingerprint density at radius 1 is 1.42 bits per heavy atom. The number of benzene rings is 1. The minimum absolute atomic E-state index is 0.264. The molecule has 0 radical (unpaired) electrons. The fourth-order valence-electron chi connectivity index (χ4n) is 2.69. The summed E-state index contributed by atoms with van der Waals surface area (Å²) in [4.78, 5) is 2.46. The van der Waals surface area contributed by atoms with Crippen molar-refractivity contribution in [1.82, 2.24) is 4.90 Å². The van der Waals surface area contributed by atoms with Crippen molar-refractivity contribution in [2.45, 2.75) is 39.8 Å². The number of rotatable bonds is 3. The van der Waals surface area contributed by atoms with E-state index < -0.39 is 0 Å². The highest BCUT2D eigenvalue weighted by molar-refractivity contribution is 5.36. The molecule has 1 unspecified atom stereocenters. The van der Waals surface area contributed by atoms with Gasteiger partial charge in [-0.25, -0.2) is 0 Å². The van der Waals surface area contributed by atoms with Crippen LogP contribution in [-0.2, 0) is 6.54 Å². The van der Waals surface area contributed by atoms with Crippen molar-refractivity contribution in [3.8, 4) is 5.75 Å². The second-order valence-corrected chi connectivity index (χ2v) is 6.38. The van der Waals surface area contributed by atoms with Crippen LogP contribution in [-0.4, -0.2) is 31.1 Å². The predicted molar refractivity (Wildman–Crippen MR) is 79.4 cm³/mol. The first-order valence-electron chi connectivity index (χ1n) is 7.04. The Morgan fingerprint density at radius 2 is 2.16 bits per heavy atom. The first-order valence-corrected chi connectivity index (χ1v) is 7.04. The SMILES string of the molecule is COc1ccc(CN2CCC(C)(C)C(N)C2)cc1C. The molecule has 0 amide bonds. The maximum Gasteiger partial charge on any atom is 0.121 e. The molecule has 1 saturated heterocycles. The number of hydrogen-bond acceptors (Lipinski definition) is 3. The van der Waals surface area contributed by atoms with Crippen LogP contribution in [0, 0.1) is 12.3 Å². The molecule has 19 heavy (non-hydrogen) atoms. The number of methoxy groups -OCH3 is 1. The van der Waals surface area contributed by atoms with Crippen molar-refractivity contribution in [2.24, 2.45) is 11.1 Å². The van der Waals surface area contributed by atoms with Crippen molar-refractivity contribution >= 4 is 0 Å². The molecule has 1 aliphatic heterocycles. The molecule has 0 bridgehead atoms. The van der Waals surface area contributed by atoms with E-state index in [1.165, 1.54) is 17.5 Å². The Labute approximate surface area is 116 Å². The Bertz CT molecular complexity index is 442. The van der Waals surface area contributed by atoms with Crippen LogP contribution in [0.5, 0.6) is 5.75 Å². The summed E-state index contributed by atoms with van der Waals surface area (Å²) < 4.78 is 5.30. The Balaban J connectivity index is 2.01. The molecule has 3 nitrogen and oxygen atoms in total. The average Bonchev–Trinajstić information content (AvgIpc) is 2.35. The predicted octanol–water partition coefficient (Wildman–Crippen LogP) is 2.56. The van der Waals surface area contributed by atoms with Gasteiger partial charge in [-0.1, -0.05) is 26.0 Å². The summed E-state index contributed by atoms with van der Waals surface area (Å²) in [6.07, 6.45) is 1.17. The van der Waals surface area contributed by atoms with Gasteiger partial charge in [-0.3, -0.25) is 4.90 Å². The monoisotopic (exact) mass is 262 g/mol. The van der Waals surface area contributed by atoms with Gasteiger partial charge in [0.1, 0.15) is 5.75 Å². The number of ether oxygens (including phenoxy) is 1. The quantitative estimate of drug-likeness (QED) is 0.910. The molecule has 1 fully saturated rings. The van der Waals surface area contributed by atoms with E-state index in [9.17, 15) is 0 Å². The van der Waals surface area contributed by atoms with E-state index in [0.717, 1.165) is 25.4 Å². The van der Waals surface area contributed by atoms with Crippen LogP contribution in [0.3, 0.4) is 0 Å². The van der Waals surface area contributed by atoms with Gasteiger partial charge < -0.3 is 10.5 Å². The van der Waals surface area contributed by atoms with Gasteiger partial charge in [0.05, 0.1) is 7.11 Å². The molecule has 0 aromatic heterocycles. The Kier molecular flexibility index (Phi) is 4.16. The largest absolute Gasteiger partial charge is 0.496 e. The van der Waals surface area contributed by atoms with E-state index in [1.54, 1.807) is 7.11 Å². The summed E-state index contributed by atoms with van der Waals surface area (Å²) in [5.41, 5.74) is 9.07. The zero-order valence-electron chi connectivity index (χ0n) is 12.6. The second-order valence-electron chi connectivity index (χ2n) is 6.38. The van der Waals surface area contributed by atoms with Gasteiger partial charge in [-0.15, -0.1) is 0 Å². The lowest BCUT2D eigenvalue weighted by Crippen LogP contribution is -2.52. The summed E-state index contributed by atoms with van der Waals surface area (Å²) in [6.45, 7) is 9.73. The number of hydrogen-bond donors (Lipinski definition) is 1. The number of piperidine rings is 1. The molecule has 2 rings (SSSR count). The zero-order chi connectivity index (χ0) is 14.0. The van der Waals surface area contributed by atoms with Crippen LogP contribution in [0.25, 0.3) is 0 Å². The summed E-state index contributed by atoms with van der Waals surface area (Å²) >= 11 is 0. The summed E-state index contributed by atoms with van der Waals surface area (Å²) in [5.74, 6) is 0.959. The standard InChI is InChI=1S/C16H26N2O/c1-12-9-13(5-6-14(12)19-4)10-18-8-7-16(2,3)15(17)11-18/h5-6,9,15H,7-8,10-11,17H2,1-4H3. The highest BCUT2D eigenvalue weighted by Crippen LogP contribution is 2.30. The second kappa shape index (κ2) is 5.51. The minimum Gasteiger partial charge on any atom is -0.496 e. The van der Waals surface area contributed by atoms with Crippen LogP contribution >= 0.6 is 0 Å². The van der Waals surface area contributed by atoms with E-state index in [2.05, 4.69) is 43.9 Å². The number of aryl methyl sites for hydroxylation is 1. The van der Waals surface area contributed by atoms with Gasteiger partial charge in [-0.05, 0) is 42.5 Å². The molecular formula is C16H26N2O. The van der Waals surface area contributed by atoms with E-state index in [-0.39, 0.29) is 11.5 Å². The van der Waals surface area contributed by atoms with Crippen molar-refractivity contribution in [3.05, 3.63) is 29.3 Å². The maximum atomic E-state index is 6.27. The molecule has 1 atom stereocenters. The molecule has 106 valence electrons. The summed E-state index contributed by atoms with van der Waals surface area (Å²) in [5, 5.41) is 0. The molecule has 3 heteroatoms. The van der Waals surface area contributed by atoms with E-state index in [4.69, 9.17) is 10.5 Å². The van der Waals surface area contributed by atoms with Gasteiger partial charge in [0.2, 0.25) is 0 Å². The fourth-order valence-corrected chi connectivity index (χ4v) is 2.69. The third kappa shape index (κ3) is 3.28. The molecule has 0 aliphatic carbocycles. The normalized spacial score (nSPS) is 23.3. The number of nitrogens with zero attached hydrogens (tertiary/aromatic N) is 1. The Hall–Kier alpha value is -1.06. The van der Waals surface area contributed by atoms with Gasteiger partial charge in [0.25, 0.3) is 0 Å². The van der Waals surface area contributed by atoms with E-state index >= 15 is 0 Å². The number of nitrogens with two attached hydrogens (primary N) is 1. The summed E-state index contributed by atoms with van der Waals surface area (Å²) in [6, 6.07) is 6.68. The first kappa shape index (κ1) is 14.4. The molecule has 1 aromatic carbocycles. The molecule has 1 aliphatic rings. The van der Waals surface area contributed by atoms with Crippen LogP contribution in [0.4, 0.5) is 0 Å². The van der Waals surface area contributed by atoms with Gasteiger partial charge in [0, 0.05) is 19.1 Å². The van der Waals surface area contributed by atoms with Gasteiger partial charge in [0.15, 0.2) is 0 Å². The van der Waals surface area contributed by atoms with E-state index in [1.807, 2.05) is 0 Å². The van der Waals surface area contributed by atoms with Crippen molar-refractivity contribution in [2.75, 3.05) is 20.2 Å². The molecular weight excluding hydrogens is 236 g/mol. The van der Waals surface area contributed by atoms with Gasteiger partial charge in [-0.2, -0.15) is 0 Å². The van der Waals surface area contributed by atoms with Crippen LogP contribution in [0.2, 0.25) is 0 Å². The molecule has 1 heterocycles. The lowest BCUT2D eigenvalue weighted by molar-refractivity contribution is 0.101. The summed E-state index contributed by atoms with van der Waals surface area (Å²) in [7, 11) is 1.72. The highest BCUT2D eigenvalue weighted by atomic mass is 16.5. The van der Waals surface area contributed by atoms with Gasteiger partial charge >= 0.3 is 0 Å². The number of likely N-dealkylation sites (tertiary alicyclic amines) is 1. The van der Waals surface area contributed by atoms with Crippen molar-refractivity contribution in [1.29, 1.82) is 0 Å². The third-order valence-corrected chi connectivity index (χ3v) is 4.40. The topological polar surface area (TPSA) is 38.5 Å². The average molecular weight is 262 g/mol. The molecule has 2 N–H and O–H groups in total. The lowest BCUT2D eigenvalue weighted by Gasteiger charge is -2.42. The first-order chi connectivity index (χ1) is 8.92. The maximum absolute atomic E-state index is 6.27. The smallest absolute Gasteiger partial charge is 0.121 e. The molecule has 1 aromatic rings. The lowest BCUT2D eigenvalue weighted by atomic mass is 9.78. The Morgan fingerprint density at radius 3 is 2.74 bits per heavy atom. The zero-order valence-corrected chi connectivity index (χ0v) is 12.6. The fraction of sp³-hybridized carbons (Fsp3) is 0.625. The third-order valence-electron chi connectivity index (χ3n) is 4.40. The highest BCUT2D eigenvalue weighted by Gasteiger charge is 2.32. The molecule has 0 saturated carbocycles. The van der Waals surface area contributed by atoms with Crippen LogP contribution in [0.15, 0.2) is 18.2 Å². The van der Waals surface area contributed by atoms with Crippen molar-refractivity contribution < 1.29 is 4.74 Å². The van der Waals surface area contributed by atoms with Crippen molar-refractivity contribution in [3.63, 3.8) is 0 Å².